The molecule has 0 bridgehead atoms. The minimum atomic E-state index is 0.231. The van der Waals surface area contributed by atoms with Crippen LogP contribution >= 0.6 is 0 Å². The minimum Gasteiger partial charge on any atom is -0.355 e. The molecular formula is C16H31N3O. The quantitative estimate of drug-likeness (QED) is 0.777. The number of carbonyl (C=O) groups excluding carboxylic acids is 1. The van der Waals surface area contributed by atoms with Gasteiger partial charge in [0.25, 0.3) is 0 Å². The second kappa shape index (κ2) is 7.99. The highest BCUT2D eigenvalue weighted by molar-refractivity contribution is 5.75. The fourth-order valence-corrected chi connectivity index (χ4v) is 3.24. The second-order valence-electron chi connectivity index (χ2n) is 6.77. The summed E-state index contributed by atoms with van der Waals surface area (Å²) < 4.78 is 0. The van der Waals surface area contributed by atoms with Crippen LogP contribution in [0.25, 0.3) is 0 Å². The van der Waals surface area contributed by atoms with Gasteiger partial charge in [-0.05, 0) is 70.6 Å². The molecule has 2 saturated heterocycles. The Morgan fingerprint density at radius 3 is 2.75 bits per heavy atom. The van der Waals surface area contributed by atoms with Crippen molar-refractivity contribution in [2.75, 3.05) is 32.7 Å². The van der Waals surface area contributed by atoms with Gasteiger partial charge >= 0.3 is 0 Å². The number of carbonyl (C=O) groups is 1. The predicted octanol–water partition coefficient (Wildman–Crippen LogP) is 1.61. The summed E-state index contributed by atoms with van der Waals surface area (Å²) in [5.41, 5.74) is 0. The van der Waals surface area contributed by atoms with Crippen LogP contribution in [0.15, 0.2) is 0 Å². The molecule has 0 aromatic rings. The van der Waals surface area contributed by atoms with E-state index in [-0.39, 0.29) is 5.91 Å². The van der Waals surface area contributed by atoms with Crippen molar-refractivity contribution in [1.82, 2.24) is 15.5 Å². The number of hydrogen-bond acceptors (Lipinski definition) is 3. The summed E-state index contributed by atoms with van der Waals surface area (Å²) in [5.74, 6) is 1.81. The van der Waals surface area contributed by atoms with Gasteiger partial charge in [-0.1, -0.05) is 6.92 Å². The van der Waals surface area contributed by atoms with Crippen LogP contribution in [0.2, 0.25) is 0 Å². The van der Waals surface area contributed by atoms with E-state index in [0.717, 1.165) is 32.0 Å². The molecule has 4 nitrogen and oxygen atoms in total. The molecule has 0 spiro atoms. The van der Waals surface area contributed by atoms with Crippen LogP contribution in [0.5, 0.6) is 0 Å². The SMILES string of the molecule is CC1CCN(C(C)CNC(=O)CCC2CCNC2)CC1. The van der Waals surface area contributed by atoms with Gasteiger partial charge in [0, 0.05) is 19.0 Å². The maximum absolute atomic E-state index is 11.9. The molecule has 2 atom stereocenters. The smallest absolute Gasteiger partial charge is 0.220 e. The fraction of sp³-hybridized carbons (Fsp3) is 0.938. The lowest BCUT2D eigenvalue weighted by atomic mass is 9.98. The molecule has 0 radical (unpaired) electrons. The number of piperidine rings is 1. The van der Waals surface area contributed by atoms with Crippen LogP contribution in [0.4, 0.5) is 0 Å². The molecule has 2 aliphatic heterocycles. The molecule has 0 aliphatic carbocycles. The maximum Gasteiger partial charge on any atom is 0.220 e. The van der Waals surface area contributed by atoms with E-state index < -0.39 is 0 Å². The van der Waals surface area contributed by atoms with Gasteiger partial charge in [0.15, 0.2) is 0 Å². The monoisotopic (exact) mass is 281 g/mol. The van der Waals surface area contributed by atoms with E-state index in [1.54, 1.807) is 0 Å². The minimum absolute atomic E-state index is 0.231. The average molecular weight is 281 g/mol. The first-order valence-electron chi connectivity index (χ1n) is 8.36. The lowest BCUT2D eigenvalue weighted by Crippen LogP contribution is -2.45. The van der Waals surface area contributed by atoms with Gasteiger partial charge in [-0.3, -0.25) is 9.69 Å². The first-order valence-corrected chi connectivity index (χ1v) is 8.36. The molecule has 2 rings (SSSR count). The summed E-state index contributed by atoms with van der Waals surface area (Å²) >= 11 is 0. The third kappa shape index (κ3) is 5.06. The van der Waals surface area contributed by atoms with Crippen molar-refractivity contribution in [3.8, 4) is 0 Å². The van der Waals surface area contributed by atoms with Crippen molar-refractivity contribution in [3.63, 3.8) is 0 Å². The zero-order chi connectivity index (χ0) is 14.4. The maximum atomic E-state index is 11.9. The van der Waals surface area contributed by atoms with Crippen LogP contribution in [0, 0.1) is 11.8 Å². The third-order valence-corrected chi connectivity index (χ3v) is 4.98. The normalized spacial score (nSPS) is 26.6. The molecule has 2 unspecified atom stereocenters. The van der Waals surface area contributed by atoms with Gasteiger partial charge < -0.3 is 10.6 Å². The number of nitrogens with one attached hydrogen (secondary N) is 2. The zero-order valence-corrected chi connectivity index (χ0v) is 13.2. The summed E-state index contributed by atoms with van der Waals surface area (Å²) in [6, 6.07) is 0.472. The van der Waals surface area contributed by atoms with Crippen LogP contribution in [-0.2, 0) is 4.79 Å². The summed E-state index contributed by atoms with van der Waals surface area (Å²) in [6.45, 7) is 9.96. The van der Waals surface area contributed by atoms with Gasteiger partial charge in [-0.15, -0.1) is 0 Å². The summed E-state index contributed by atoms with van der Waals surface area (Å²) in [5, 5.41) is 6.47. The predicted molar refractivity (Wildman–Crippen MR) is 82.7 cm³/mol. The van der Waals surface area contributed by atoms with Gasteiger partial charge in [0.2, 0.25) is 5.91 Å². The van der Waals surface area contributed by atoms with Crippen molar-refractivity contribution in [2.45, 2.75) is 52.0 Å². The molecule has 116 valence electrons. The summed E-state index contributed by atoms with van der Waals surface area (Å²) in [4.78, 5) is 14.4. The van der Waals surface area contributed by atoms with E-state index >= 15 is 0 Å². The first-order chi connectivity index (χ1) is 9.65. The van der Waals surface area contributed by atoms with E-state index in [1.807, 2.05) is 0 Å². The highest BCUT2D eigenvalue weighted by Gasteiger charge is 2.21. The Labute approximate surface area is 123 Å². The molecule has 0 saturated carbocycles. The molecule has 1 amide bonds. The zero-order valence-electron chi connectivity index (χ0n) is 13.2. The summed E-state index contributed by atoms with van der Waals surface area (Å²) in [6.07, 6.45) is 5.56. The lowest BCUT2D eigenvalue weighted by Gasteiger charge is -2.35. The van der Waals surface area contributed by atoms with Gasteiger partial charge in [-0.25, -0.2) is 0 Å². The molecule has 2 aliphatic rings. The van der Waals surface area contributed by atoms with E-state index in [2.05, 4.69) is 29.4 Å². The topological polar surface area (TPSA) is 44.4 Å². The van der Waals surface area contributed by atoms with Crippen molar-refractivity contribution in [3.05, 3.63) is 0 Å². The molecule has 0 aromatic carbocycles. The average Bonchev–Trinajstić information content (AvgIpc) is 2.96. The lowest BCUT2D eigenvalue weighted by molar-refractivity contribution is -0.121. The van der Waals surface area contributed by atoms with Crippen molar-refractivity contribution in [1.29, 1.82) is 0 Å². The van der Waals surface area contributed by atoms with E-state index in [1.165, 1.54) is 32.4 Å². The highest BCUT2D eigenvalue weighted by Crippen LogP contribution is 2.18. The van der Waals surface area contributed by atoms with Crippen molar-refractivity contribution < 1.29 is 4.79 Å². The van der Waals surface area contributed by atoms with E-state index in [0.29, 0.717) is 18.4 Å². The van der Waals surface area contributed by atoms with Gasteiger partial charge in [-0.2, -0.15) is 0 Å². The Kier molecular flexibility index (Phi) is 6.30. The molecule has 2 heterocycles. The van der Waals surface area contributed by atoms with Gasteiger partial charge in [0.1, 0.15) is 0 Å². The molecule has 4 heteroatoms. The second-order valence-corrected chi connectivity index (χ2v) is 6.77. The van der Waals surface area contributed by atoms with Gasteiger partial charge in [0.05, 0.1) is 0 Å². The Hall–Kier alpha value is -0.610. The fourth-order valence-electron chi connectivity index (χ4n) is 3.24. The molecule has 0 aromatic heterocycles. The Morgan fingerprint density at radius 2 is 2.10 bits per heavy atom. The number of likely N-dealkylation sites (tertiary alicyclic amines) is 1. The third-order valence-electron chi connectivity index (χ3n) is 4.98. The van der Waals surface area contributed by atoms with E-state index in [4.69, 9.17) is 0 Å². The van der Waals surface area contributed by atoms with Crippen LogP contribution in [-0.4, -0.2) is 49.6 Å². The number of hydrogen-bond donors (Lipinski definition) is 2. The largest absolute Gasteiger partial charge is 0.355 e. The van der Waals surface area contributed by atoms with E-state index in [9.17, 15) is 4.79 Å². The van der Waals surface area contributed by atoms with Crippen molar-refractivity contribution >= 4 is 5.91 Å². The summed E-state index contributed by atoms with van der Waals surface area (Å²) in [7, 11) is 0. The van der Waals surface area contributed by atoms with Crippen LogP contribution < -0.4 is 10.6 Å². The number of nitrogens with zero attached hydrogens (tertiary/aromatic N) is 1. The molecule has 2 fully saturated rings. The van der Waals surface area contributed by atoms with Crippen LogP contribution in [0.3, 0.4) is 0 Å². The highest BCUT2D eigenvalue weighted by atomic mass is 16.1. The molecular weight excluding hydrogens is 250 g/mol. The van der Waals surface area contributed by atoms with Crippen molar-refractivity contribution in [2.24, 2.45) is 11.8 Å². The Bertz CT molecular complexity index is 294. The van der Waals surface area contributed by atoms with Crippen LogP contribution in [0.1, 0.15) is 46.0 Å². The standard InChI is InChI=1S/C16H31N3O/c1-13-6-9-19(10-7-13)14(2)11-18-16(20)4-3-15-5-8-17-12-15/h13-15,17H,3-12H2,1-2H3,(H,18,20). The first kappa shape index (κ1) is 15.8. The molecule has 2 N–H and O–H groups in total. The number of rotatable bonds is 6. The Balaban J connectivity index is 1.57. The number of amides is 1. The Morgan fingerprint density at radius 1 is 1.35 bits per heavy atom. The molecule has 20 heavy (non-hydrogen) atoms.